The maximum Gasteiger partial charge on any atom is 0.176 e. The highest BCUT2D eigenvalue weighted by molar-refractivity contribution is 5.19. The Morgan fingerprint density at radius 3 is 1.19 bits per heavy atom. The summed E-state index contributed by atoms with van der Waals surface area (Å²) >= 11 is 0. The fraction of sp³-hybridized carbons (Fsp3) is 0.652. The van der Waals surface area contributed by atoms with Gasteiger partial charge in [-0.25, -0.2) is 0 Å². The number of rotatable bonds is 31. The number of unbranched alkanes of at least 4 members (excludes halogenated alkanes) is 24. The fourth-order valence-electron chi connectivity index (χ4n) is 5.40. The maximum absolute atomic E-state index is 9.91. The van der Waals surface area contributed by atoms with E-state index in [1.165, 1.54) is 109 Å². The molecule has 0 amide bonds. The largest absolute Gasteiger partial charge is 0.377 e. The first-order chi connectivity index (χ1) is 23.7. The van der Waals surface area contributed by atoms with Crippen LogP contribution in [0.25, 0.3) is 0 Å². The molecule has 2 heteroatoms. The predicted octanol–water partition coefficient (Wildman–Crippen LogP) is 12.1. The van der Waals surface area contributed by atoms with Gasteiger partial charge in [-0.2, -0.15) is 0 Å². The lowest BCUT2D eigenvalue weighted by atomic mass is 10.0. The molecular weight excluding hydrogens is 585 g/mol. The van der Waals surface area contributed by atoms with Gasteiger partial charge in [-0.3, -0.25) is 0 Å². The van der Waals surface area contributed by atoms with E-state index in [4.69, 9.17) is 12.8 Å². The molecule has 0 rings (SSSR count). The Hall–Kier alpha value is -2.88. The van der Waals surface area contributed by atoms with E-state index < -0.39 is 12.2 Å². The summed E-state index contributed by atoms with van der Waals surface area (Å²) in [6, 6.07) is 0. The summed E-state index contributed by atoms with van der Waals surface area (Å²) in [4.78, 5) is 0. The molecule has 0 bridgehead atoms. The highest BCUT2D eigenvalue weighted by Crippen LogP contribution is 2.14. The monoisotopic (exact) mass is 655 g/mol. The number of hydrogen-bond acceptors (Lipinski definition) is 2. The van der Waals surface area contributed by atoms with Crippen molar-refractivity contribution in [3.05, 3.63) is 48.6 Å². The third kappa shape index (κ3) is 39.3. The molecule has 0 aromatic rings. The number of hydrogen-bond donors (Lipinski definition) is 2. The smallest absolute Gasteiger partial charge is 0.176 e. The zero-order valence-electron chi connectivity index (χ0n) is 30.6. The first kappa shape index (κ1) is 45.1. The summed E-state index contributed by atoms with van der Waals surface area (Å²) in [5, 5.41) is 19.2. The molecule has 2 N–H and O–H groups in total. The Bertz CT molecular complexity index is 1020. The lowest BCUT2D eigenvalue weighted by Gasteiger charge is -2.02. The molecule has 0 aromatic carbocycles. The third-order valence-corrected chi connectivity index (χ3v) is 8.34. The zero-order chi connectivity index (χ0) is 34.9. The number of allylic oxidation sites excluding steroid dienone is 7. The van der Waals surface area contributed by atoms with Crippen molar-refractivity contribution in [2.45, 2.75) is 192 Å². The standard InChI is InChI=1S/C46H70O2/c1-3-5-6-7-8-9-10-11-12-13-14-15-16-17-18-19-20-21-22-23-24-25-26-27-28-29-30-34-37-40-43-46(48)44-41-38-35-32-31-33-36-39-42-45(47)4-2/h1-2,5-6,21-22,27-28,39,42,45-48H,7-20,23-26,29-38H2/b6-5-,22-21-,28-27-,42-39+/t45-,46-/m0/s1. The normalized spacial score (nSPS) is 12.6. The fourth-order valence-corrected chi connectivity index (χ4v) is 5.40. The van der Waals surface area contributed by atoms with Gasteiger partial charge < -0.3 is 10.2 Å². The Morgan fingerprint density at radius 1 is 0.417 bits per heavy atom. The summed E-state index contributed by atoms with van der Waals surface area (Å²) in [6.45, 7) is 0. The molecule has 0 saturated carbocycles. The molecular formula is C46H70O2. The van der Waals surface area contributed by atoms with Crippen molar-refractivity contribution in [1.29, 1.82) is 0 Å². The average Bonchev–Trinajstić information content (AvgIpc) is 3.09. The van der Waals surface area contributed by atoms with E-state index in [1.807, 2.05) is 12.2 Å². The van der Waals surface area contributed by atoms with E-state index in [0.717, 1.165) is 70.6 Å². The predicted molar refractivity (Wildman–Crippen MR) is 211 cm³/mol. The number of terminal acetylenes is 2. The molecule has 0 aliphatic rings. The van der Waals surface area contributed by atoms with E-state index in [0.29, 0.717) is 0 Å². The van der Waals surface area contributed by atoms with Crippen LogP contribution in [0.5, 0.6) is 0 Å². The summed E-state index contributed by atoms with van der Waals surface area (Å²) in [5.74, 6) is 16.6. The second kappa shape index (κ2) is 40.3. The molecule has 2 nitrogen and oxygen atoms in total. The average molecular weight is 655 g/mol. The van der Waals surface area contributed by atoms with Crippen LogP contribution >= 0.6 is 0 Å². The van der Waals surface area contributed by atoms with Crippen molar-refractivity contribution in [2.75, 3.05) is 0 Å². The summed E-state index contributed by atoms with van der Waals surface area (Å²) in [5.41, 5.74) is 0. The van der Waals surface area contributed by atoms with Gasteiger partial charge in [-0.1, -0.05) is 149 Å². The minimum atomic E-state index is -0.831. The molecule has 0 unspecified atom stereocenters. The molecule has 0 aliphatic heterocycles. The van der Waals surface area contributed by atoms with Crippen molar-refractivity contribution in [1.82, 2.24) is 0 Å². The van der Waals surface area contributed by atoms with E-state index in [9.17, 15) is 10.2 Å². The van der Waals surface area contributed by atoms with Crippen LogP contribution in [0, 0.1) is 48.4 Å². The van der Waals surface area contributed by atoms with Gasteiger partial charge in [0, 0.05) is 12.8 Å². The van der Waals surface area contributed by atoms with Gasteiger partial charge in [-0.15, -0.1) is 12.8 Å². The van der Waals surface area contributed by atoms with Crippen molar-refractivity contribution in [3.8, 4) is 48.4 Å². The summed E-state index contributed by atoms with van der Waals surface area (Å²) < 4.78 is 0. The van der Waals surface area contributed by atoms with Crippen LogP contribution in [0.15, 0.2) is 48.6 Å². The topological polar surface area (TPSA) is 40.5 Å². The molecule has 0 aliphatic carbocycles. The number of aliphatic hydroxyl groups excluding tert-OH is 2. The van der Waals surface area contributed by atoms with E-state index in [2.05, 4.69) is 65.9 Å². The number of aliphatic hydroxyl groups is 2. The quantitative estimate of drug-likeness (QED) is 0.0444. The van der Waals surface area contributed by atoms with Crippen molar-refractivity contribution in [2.24, 2.45) is 0 Å². The Labute approximate surface area is 298 Å². The van der Waals surface area contributed by atoms with Gasteiger partial charge in [0.05, 0.1) is 0 Å². The SMILES string of the molecule is C#C/C=C\CCCCCCCCCCCCCC/C=C\CCCC/C=C\CCCCC#C[C@H](O)C#CCCCCCC/C=C/[C@@H](O)C#C. The van der Waals surface area contributed by atoms with Crippen LogP contribution in [0.1, 0.15) is 180 Å². The summed E-state index contributed by atoms with van der Waals surface area (Å²) in [7, 11) is 0. The van der Waals surface area contributed by atoms with Crippen LogP contribution in [-0.2, 0) is 0 Å². The van der Waals surface area contributed by atoms with Crippen LogP contribution in [0.3, 0.4) is 0 Å². The molecule has 0 aromatic heterocycles. The van der Waals surface area contributed by atoms with Gasteiger partial charge >= 0.3 is 0 Å². The zero-order valence-corrected chi connectivity index (χ0v) is 30.6. The second-order valence-electron chi connectivity index (χ2n) is 12.9. The molecule has 0 heterocycles. The second-order valence-corrected chi connectivity index (χ2v) is 12.9. The maximum atomic E-state index is 9.91. The van der Waals surface area contributed by atoms with Gasteiger partial charge in [0.2, 0.25) is 0 Å². The Kier molecular flexibility index (Phi) is 37.9. The van der Waals surface area contributed by atoms with Crippen LogP contribution in [0.4, 0.5) is 0 Å². The molecule has 0 fully saturated rings. The van der Waals surface area contributed by atoms with Crippen molar-refractivity contribution in [3.63, 3.8) is 0 Å². The molecule has 266 valence electrons. The highest BCUT2D eigenvalue weighted by atomic mass is 16.3. The van der Waals surface area contributed by atoms with E-state index in [1.54, 1.807) is 6.08 Å². The first-order valence-corrected chi connectivity index (χ1v) is 19.6. The Morgan fingerprint density at radius 2 is 0.750 bits per heavy atom. The minimum absolute atomic E-state index is 0.768. The molecule has 0 radical (unpaired) electrons. The van der Waals surface area contributed by atoms with E-state index in [-0.39, 0.29) is 0 Å². The summed E-state index contributed by atoms with van der Waals surface area (Å²) in [6.07, 6.45) is 59.9. The van der Waals surface area contributed by atoms with Gasteiger partial charge in [0.15, 0.2) is 6.10 Å². The first-order valence-electron chi connectivity index (χ1n) is 19.6. The Balaban J connectivity index is 3.41. The van der Waals surface area contributed by atoms with Crippen LogP contribution < -0.4 is 0 Å². The van der Waals surface area contributed by atoms with Crippen molar-refractivity contribution >= 4 is 0 Å². The molecule has 0 saturated heterocycles. The van der Waals surface area contributed by atoms with E-state index >= 15 is 0 Å². The highest BCUT2D eigenvalue weighted by Gasteiger charge is 1.95. The lowest BCUT2D eigenvalue weighted by molar-refractivity contribution is 0.280. The molecule has 48 heavy (non-hydrogen) atoms. The van der Waals surface area contributed by atoms with Crippen molar-refractivity contribution < 1.29 is 10.2 Å². The van der Waals surface area contributed by atoms with Gasteiger partial charge in [-0.05, 0) is 102 Å². The molecule has 2 atom stereocenters. The van der Waals surface area contributed by atoms with Gasteiger partial charge in [0.1, 0.15) is 6.10 Å². The molecule has 0 spiro atoms. The third-order valence-electron chi connectivity index (χ3n) is 8.34. The lowest BCUT2D eigenvalue weighted by Crippen LogP contribution is -1.97. The minimum Gasteiger partial charge on any atom is -0.377 e. The van der Waals surface area contributed by atoms with Gasteiger partial charge in [0.25, 0.3) is 0 Å². The van der Waals surface area contributed by atoms with Crippen LogP contribution in [0.2, 0.25) is 0 Å². The van der Waals surface area contributed by atoms with Crippen LogP contribution in [-0.4, -0.2) is 22.4 Å².